The van der Waals surface area contributed by atoms with Gasteiger partial charge >= 0.3 is 0 Å². The fourth-order valence-electron chi connectivity index (χ4n) is 3.19. The van der Waals surface area contributed by atoms with Crippen molar-refractivity contribution in [3.8, 4) is 0 Å². The molecule has 2 aromatic carbocycles. The van der Waals surface area contributed by atoms with Crippen molar-refractivity contribution in [2.24, 2.45) is 5.92 Å². The second kappa shape index (κ2) is 10.8. The smallest absolute Gasteiger partial charge is 0.273 e. The molecule has 7 heteroatoms. The molecular weight excluding hydrogens is 433 g/mol. The molecule has 0 spiro atoms. The first-order chi connectivity index (χ1) is 14.8. The third kappa shape index (κ3) is 6.57. The molecule has 0 saturated heterocycles. The molecule has 1 heterocycles. The van der Waals surface area contributed by atoms with Gasteiger partial charge in [-0.15, -0.1) is 0 Å². The van der Waals surface area contributed by atoms with Crippen LogP contribution in [0.4, 0.5) is 0 Å². The van der Waals surface area contributed by atoms with Crippen LogP contribution in [-0.2, 0) is 13.1 Å². The number of rotatable bonds is 9. The van der Waals surface area contributed by atoms with Crippen LogP contribution in [0.5, 0.6) is 0 Å². The van der Waals surface area contributed by atoms with Crippen molar-refractivity contribution in [3.05, 3.63) is 87.6 Å². The highest BCUT2D eigenvalue weighted by atomic mass is 35.5. The minimum Gasteiger partial charge on any atom is -0.447 e. The molecule has 164 valence electrons. The lowest BCUT2D eigenvalue weighted by Crippen LogP contribution is -2.28. The Morgan fingerprint density at radius 1 is 1.10 bits per heavy atom. The van der Waals surface area contributed by atoms with Crippen LogP contribution in [0, 0.1) is 5.92 Å². The van der Waals surface area contributed by atoms with E-state index in [1.165, 1.54) is 6.26 Å². The molecule has 0 saturated carbocycles. The minimum absolute atomic E-state index is 0.0677. The molecule has 1 N–H and O–H groups in total. The fraction of sp³-hybridized carbons (Fsp3) is 0.333. The molecule has 1 amide bonds. The molecule has 3 aromatic rings. The summed E-state index contributed by atoms with van der Waals surface area (Å²) in [5.41, 5.74) is 2.40. The van der Waals surface area contributed by atoms with E-state index < -0.39 is 0 Å². The third-order valence-electron chi connectivity index (χ3n) is 5.01. The summed E-state index contributed by atoms with van der Waals surface area (Å²) in [6, 6.07) is 15.8. The van der Waals surface area contributed by atoms with E-state index in [4.69, 9.17) is 27.6 Å². The zero-order chi connectivity index (χ0) is 22.4. The molecule has 0 aliphatic heterocycles. The van der Waals surface area contributed by atoms with Gasteiger partial charge in [0.05, 0.1) is 6.54 Å². The van der Waals surface area contributed by atoms with E-state index in [0.29, 0.717) is 41.5 Å². The highest BCUT2D eigenvalue weighted by Crippen LogP contribution is 2.28. The van der Waals surface area contributed by atoms with Crippen molar-refractivity contribution in [1.29, 1.82) is 0 Å². The van der Waals surface area contributed by atoms with E-state index >= 15 is 0 Å². The van der Waals surface area contributed by atoms with Gasteiger partial charge in [0.25, 0.3) is 5.91 Å². The topological polar surface area (TPSA) is 58.4 Å². The normalized spacial score (nSPS) is 12.4. The summed E-state index contributed by atoms with van der Waals surface area (Å²) in [5.74, 6) is 0.608. The van der Waals surface area contributed by atoms with Gasteiger partial charge in [0, 0.05) is 29.2 Å². The van der Waals surface area contributed by atoms with E-state index in [-0.39, 0.29) is 17.6 Å². The largest absolute Gasteiger partial charge is 0.447 e. The lowest BCUT2D eigenvalue weighted by molar-refractivity contribution is 0.0944. The average molecular weight is 460 g/mol. The highest BCUT2D eigenvalue weighted by Gasteiger charge is 2.21. The van der Waals surface area contributed by atoms with Crippen molar-refractivity contribution in [2.45, 2.75) is 39.9 Å². The third-order valence-corrected chi connectivity index (χ3v) is 5.60. The zero-order valence-corrected chi connectivity index (χ0v) is 19.5. The molecule has 0 fully saturated rings. The number of nitrogens with one attached hydrogen (secondary N) is 1. The van der Waals surface area contributed by atoms with Crippen molar-refractivity contribution >= 4 is 29.1 Å². The molecule has 0 bridgehead atoms. The van der Waals surface area contributed by atoms with Crippen LogP contribution in [0.3, 0.4) is 0 Å². The molecule has 1 unspecified atom stereocenters. The summed E-state index contributed by atoms with van der Waals surface area (Å²) in [4.78, 5) is 18.9. The van der Waals surface area contributed by atoms with Crippen molar-refractivity contribution < 1.29 is 9.21 Å². The maximum atomic E-state index is 12.3. The Labute approximate surface area is 193 Å². The molecule has 0 aliphatic rings. The van der Waals surface area contributed by atoms with Gasteiger partial charge in [0.15, 0.2) is 5.69 Å². The van der Waals surface area contributed by atoms with E-state index in [1.807, 2.05) is 44.2 Å². The Morgan fingerprint density at radius 3 is 2.52 bits per heavy atom. The van der Waals surface area contributed by atoms with E-state index in [2.05, 4.69) is 34.3 Å². The van der Waals surface area contributed by atoms with Gasteiger partial charge in [-0.2, -0.15) is 0 Å². The Bertz CT molecular complexity index is 1010. The lowest BCUT2D eigenvalue weighted by Gasteiger charge is -2.28. The molecule has 1 atom stereocenters. The number of amides is 1. The first kappa shape index (κ1) is 23.3. The van der Waals surface area contributed by atoms with Crippen LogP contribution >= 0.6 is 23.2 Å². The number of halogens is 2. The lowest BCUT2D eigenvalue weighted by atomic mass is 10.1. The monoisotopic (exact) mass is 459 g/mol. The van der Waals surface area contributed by atoms with Gasteiger partial charge in [-0.1, -0.05) is 73.4 Å². The molecule has 3 rings (SSSR count). The second-order valence-corrected chi connectivity index (χ2v) is 8.80. The Morgan fingerprint density at radius 2 is 1.84 bits per heavy atom. The highest BCUT2D eigenvalue weighted by molar-refractivity contribution is 6.35. The van der Waals surface area contributed by atoms with Gasteiger partial charge in [0.1, 0.15) is 6.26 Å². The van der Waals surface area contributed by atoms with Crippen LogP contribution in [-0.4, -0.2) is 22.3 Å². The molecular formula is C24H27Cl2N3O2. The number of benzene rings is 2. The molecule has 31 heavy (non-hydrogen) atoms. The van der Waals surface area contributed by atoms with Crippen molar-refractivity contribution in [1.82, 2.24) is 15.2 Å². The van der Waals surface area contributed by atoms with Gasteiger partial charge in [-0.25, -0.2) is 4.98 Å². The van der Waals surface area contributed by atoms with Gasteiger partial charge in [-0.05, 0) is 36.1 Å². The van der Waals surface area contributed by atoms with Crippen LogP contribution < -0.4 is 5.32 Å². The standard InChI is InChI=1S/C24H27Cl2N3O2/c1-16(2)12-27-24(30)22-15-31-23(28-22)14-29(17(3)18-7-5-4-6-8-18)13-19-9-10-20(25)11-21(19)26/h4-11,15-17H,12-14H2,1-3H3,(H,27,30). The fourth-order valence-corrected chi connectivity index (χ4v) is 3.66. The van der Waals surface area contributed by atoms with Gasteiger partial charge < -0.3 is 9.73 Å². The average Bonchev–Trinajstić information content (AvgIpc) is 3.22. The number of oxazole rings is 1. The first-order valence-corrected chi connectivity index (χ1v) is 11.0. The Hall–Kier alpha value is -2.34. The predicted octanol–water partition coefficient (Wildman–Crippen LogP) is 6.13. The van der Waals surface area contributed by atoms with Crippen LogP contribution in [0.15, 0.2) is 59.2 Å². The first-order valence-electron chi connectivity index (χ1n) is 10.3. The summed E-state index contributed by atoms with van der Waals surface area (Å²) < 4.78 is 5.63. The number of hydrogen-bond donors (Lipinski definition) is 1. The van der Waals surface area contributed by atoms with E-state index in [0.717, 1.165) is 11.1 Å². The Kier molecular flexibility index (Phi) is 8.13. The van der Waals surface area contributed by atoms with Crippen LogP contribution in [0.25, 0.3) is 0 Å². The number of aromatic nitrogens is 1. The summed E-state index contributed by atoms with van der Waals surface area (Å²) in [6.07, 6.45) is 1.41. The SMILES string of the molecule is CC(C)CNC(=O)c1coc(CN(Cc2ccc(Cl)cc2Cl)C(C)c2ccccc2)n1. The number of carbonyl (C=O) groups excluding carboxylic acids is 1. The molecule has 0 aliphatic carbocycles. The van der Waals surface area contributed by atoms with Crippen molar-refractivity contribution in [3.63, 3.8) is 0 Å². The zero-order valence-electron chi connectivity index (χ0n) is 17.9. The number of nitrogens with zero attached hydrogens (tertiary/aromatic N) is 2. The van der Waals surface area contributed by atoms with E-state index in [1.54, 1.807) is 6.07 Å². The molecule has 1 aromatic heterocycles. The minimum atomic E-state index is -0.230. The Balaban J connectivity index is 1.80. The van der Waals surface area contributed by atoms with E-state index in [9.17, 15) is 4.79 Å². The molecule has 0 radical (unpaired) electrons. The quantitative estimate of drug-likeness (QED) is 0.417. The maximum Gasteiger partial charge on any atom is 0.273 e. The van der Waals surface area contributed by atoms with Gasteiger partial charge in [0.2, 0.25) is 5.89 Å². The van der Waals surface area contributed by atoms with Crippen molar-refractivity contribution in [2.75, 3.05) is 6.54 Å². The predicted molar refractivity (Wildman–Crippen MR) is 124 cm³/mol. The summed E-state index contributed by atoms with van der Waals surface area (Å²) in [7, 11) is 0. The van der Waals surface area contributed by atoms with Crippen LogP contribution in [0.2, 0.25) is 10.0 Å². The maximum absolute atomic E-state index is 12.3. The van der Waals surface area contributed by atoms with Crippen LogP contribution in [0.1, 0.15) is 54.3 Å². The molecule has 5 nitrogen and oxygen atoms in total. The summed E-state index contributed by atoms with van der Waals surface area (Å²) >= 11 is 12.5. The second-order valence-electron chi connectivity index (χ2n) is 7.96. The van der Waals surface area contributed by atoms with Gasteiger partial charge in [-0.3, -0.25) is 9.69 Å². The number of hydrogen-bond acceptors (Lipinski definition) is 4. The summed E-state index contributed by atoms with van der Waals surface area (Å²) in [5, 5.41) is 4.07. The number of carbonyl (C=O) groups is 1. The summed E-state index contributed by atoms with van der Waals surface area (Å²) in [6.45, 7) is 7.79.